The van der Waals surface area contributed by atoms with Crippen molar-refractivity contribution in [3.05, 3.63) is 35.5 Å². The van der Waals surface area contributed by atoms with Gasteiger partial charge in [-0.1, -0.05) is 66.5 Å². The summed E-state index contributed by atoms with van der Waals surface area (Å²) in [6.45, 7) is 13.4. The van der Waals surface area contributed by atoms with E-state index in [-0.39, 0.29) is 11.7 Å². The first-order valence-electron chi connectivity index (χ1n) is 9.19. The van der Waals surface area contributed by atoms with Gasteiger partial charge < -0.3 is 5.32 Å². The van der Waals surface area contributed by atoms with E-state index in [9.17, 15) is 18.0 Å². The highest BCUT2D eigenvalue weighted by atomic mass is 19.4. The van der Waals surface area contributed by atoms with Crippen molar-refractivity contribution in [2.75, 3.05) is 5.32 Å². The Morgan fingerprint density at radius 1 is 1.22 bits per heavy atom. The summed E-state index contributed by atoms with van der Waals surface area (Å²) in [6.07, 6.45) is -1.27. The molecule has 0 saturated carbocycles. The van der Waals surface area contributed by atoms with Crippen LogP contribution in [0.2, 0.25) is 0 Å². The number of nitrogens with zero attached hydrogens (tertiary/aromatic N) is 1. The molecule has 0 aliphatic rings. The lowest BCUT2D eigenvalue weighted by Gasteiger charge is -2.13. The minimum Gasteiger partial charge on any atom is -0.307 e. The maximum absolute atomic E-state index is 12.5. The van der Waals surface area contributed by atoms with Crippen molar-refractivity contribution in [2.45, 2.75) is 73.4 Å². The van der Waals surface area contributed by atoms with E-state index in [0.29, 0.717) is 5.69 Å². The zero-order chi connectivity index (χ0) is 21.6. The normalized spacial score (nSPS) is 11.0. The molecule has 0 radical (unpaired) electrons. The minimum absolute atomic E-state index is 0.122. The Morgan fingerprint density at radius 3 is 2.11 bits per heavy atom. The van der Waals surface area contributed by atoms with Crippen LogP contribution in [0.3, 0.4) is 0 Å². The van der Waals surface area contributed by atoms with Gasteiger partial charge in [-0.15, -0.1) is 0 Å². The number of nitrogens with one attached hydrogen (secondary N) is 2. The maximum Gasteiger partial charge on any atom is 0.433 e. The monoisotopic (exact) mass is 387 g/mol. The van der Waals surface area contributed by atoms with Gasteiger partial charge in [0.1, 0.15) is 11.5 Å². The first-order chi connectivity index (χ1) is 12.6. The van der Waals surface area contributed by atoms with Crippen molar-refractivity contribution in [1.29, 1.82) is 5.41 Å². The molecule has 0 fully saturated rings. The third kappa shape index (κ3) is 10.5. The summed E-state index contributed by atoms with van der Waals surface area (Å²) in [6, 6.07) is 4.89. The molecule has 0 aromatic carbocycles. The van der Waals surface area contributed by atoms with Crippen LogP contribution in [0, 0.1) is 5.41 Å². The Bertz CT molecular complexity index is 607. The Labute approximate surface area is 160 Å². The Morgan fingerprint density at radius 2 is 1.74 bits per heavy atom. The van der Waals surface area contributed by atoms with Crippen molar-refractivity contribution >= 4 is 17.4 Å². The van der Waals surface area contributed by atoms with Gasteiger partial charge in [-0.25, -0.2) is 4.98 Å². The Hall–Kier alpha value is -2.18. The quantitative estimate of drug-likeness (QED) is 0.447. The fourth-order valence-electron chi connectivity index (χ4n) is 1.57. The fraction of sp³-hybridized carbons (Fsp3) is 0.550. The molecule has 0 unspecified atom stereocenters. The van der Waals surface area contributed by atoms with Gasteiger partial charge >= 0.3 is 6.18 Å². The van der Waals surface area contributed by atoms with Crippen LogP contribution < -0.4 is 5.32 Å². The highest BCUT2D eigenvalue weighted by Crippen LogP contribution is 2.22. The van der Waals surface area contributed by atoms with Gasteiger partial charge in [-0.2, -0.15) is 13.2 Å². The third-order valence-corrected chi connectivity index (χ3v) is 3.19. The van der Waals surface area contributed by atoms with E-state index in [2.05, 4.69) is 24.1 Å². The number of carbonyl (C=O) groups is 1. The summed E-state index contributed by atoms with van der Waals surface area (Å²) in [5.74, 6) is -0.731. The number of allylic oxidation sites excluding steroid dienone is 1. The number of anilines is 1. The van der Waals surface area contributed by atoms with Crippen molar-refractivity contribution in [3.63, 3.8) is 0 Å². The minimum atomic E-state index is -4.87. The van der Waals surface area contributed by atoms with Crippen molar-refractivity contribution in [3.8, 4) is 0 Å². The zero-order valence-electron chi connectivity index (χ0n) is 17.3. The van der Waals surface area contributed by atoms with Gasteiger partial charge in [0.15, 0.2) is 0 Å². The summed E-state index contributed by atoms with van der Waals surface area (Å²) in [5.41, 5.74) is -1.71. The van der Waals surface area contributed by atoms with Crippen LogP contribution in [-0.2, 0) is 4.79 Å². The number of alkyl halides is 3. The number of amides is 1. The van der Waals surface area contributed by atoms with E-state index in [4.69, 9.17) is 5.41 Å². The molecule has 154 valence electrons. The van der Waals surface area contributed by atoms with Crippen molar-refractivity contribution in [2.24, 2.45) is 0 Å². The van der Waals surface area contributed by atoms with E-state index in [1.54, 1.807) is 12.1 Å². The third-order valence-electron chi connectivity index (χ3n) is 3.19. The second kappa shape index (κ2) is 13.9. The van der Waals surface area contributed by atoms with Crippen LogP contribution >= 0.6 is 0 Å². The lowest BCUT2D eigenvalue weighted by molar-refractivity contribution is -0.113. The van der Waals surface area contributed by atoms with Gasteiger partial charge in [-0.3, -0.25) is 10.2 Å². The number of pyridine rings is 1. The number of aromatic nitrogens is 1. The molecule has 27 heavy (non-hydrogen) atoms. The number of halogens is 3. The predicted molar refractivity (Wildman–Crippen MR) is 106 cm³/mol. The van der Waals surface area contributed by atoms with Crippen LogP contribution in [0.4, 0.5) is 19.0 Å². The molecule has 1 aromatic heterocycles. The van der Waals surface area contributed by atoms with Crippen LogP contribution in [0.1, 0.15) is 72.9 Å². The zero-order valence-corrected chi connectivity index (χ0v) is 17.3. The lowest BCUT2D eigenvalue weighted by atomic mass is 10.1. The summed E-state index contributed by atoms with van der Waals surface area (Å²) >= 11 is 0. The number of carbonyl (C=O) groups excluding carboxylic acids is 1. The lowest BCUT2D eigenvalue weighted by Crippen LogP contribution is -2.30. The highest BCUT2D eigenvalue weighted by Gasteiger charge is 2.38. The highest BCUT2D eigenvalue weighted by molar-refractivity contribution is 6.25. The average molecular weight is 387 g/mol. The first kappa shape index (κ1) is 27.0. The molecule has 0 spiro atoms. The largest absolute Gasteiger partial charge is 0.433 e. The second-order valence-electron chi connectivity index (χ2n) is 5.63. The smallest absolute Gasteiger partial charge is 0.307 e. The van der Waals surface area contributed by atoms with Gasteiger partial charge in [0, 0.05) is 5.69 Å². The number of hydrogen-bond donors (Lipinski definition) is 2. The molecule has 0 bridgehead atoms. The standard InChI is InChI=1S/C14H16F3N3O.C4H10.C2H6/c1-4-9(12(18)14(15,16)17)13(21)20-11-7-5-6-10(19-11)8(2)3;1-3-4-2;1-2/h4-8,18H,1-3H3,(H,19,20,21);3-4H2,1-2H3;1-2H3/b9-4+,18-12?;;. The van der Waals surface area contributed by atoms with Crippen LogP contribution in [-0.4, -0.2) is 22.8 Å². The van der Waals surface area contributed by atoms with E-state index < -0.39 is 23.4 Å². The number of hydrogen-bond acceptors (Lipinski definition) is 3. The molecule has 0 aliphatic carbocycles. The summed E-state index contributed by atoms with van der Waals surface area (Å²) in [7, 11) is 0. The topological polar surface area (TPSA) is 65.8 Å². The summed E-state index contributed by atoms with van der Waals surface area (Å²) in [4.78, 5) is 16.0. The number of rotatable bonds is 5. The molecule has 0 saturated heterocycles. The van der Waals surface area contributed by atoms with Crippen LogP contribution in [0.5, 0.6) is 0 Å². The first-order valence-corrected chi connectivity index (χ1v) is 9.19. The molecule has 7 heteroatoms. The van der Waals surface area contributed by atoms with Crippen LogP contribution in [0.25, 0.3) is 0 Å². The van der Waals surface area contributed by atoms with Gasteiger partial charge in [0.2, 0.25) is 0 Å². The van der Waals surface area contributed by atoms with E-state index in [1.165, 1.54) is 25.8 Å². The molecule has 1 amide bonds. The molecule has 4 nitrogen and oxygen atoms in total. The van der Waals surface area contributed by atoms with E-state index >= 15 is 0 Å². The van der Waals surface area contributed by atoms with E-state index in [1.807, 2.05) is 27.7 Å². The summed E-state index contributed by atoms with van der Waals surface area (Å²) < 4.78 is 37.5. The van der Waals surface area contributed by atoms with Gasteiger partial charge in [0.25, 0.3) is 5.91 Å². The van der Waals surface area contributed by atoms with Gasteiger partial charge in [0.05, 0.1) is 5.57 Å². The molecule has 2 N–H and O–H groups in total. The fourth-order valence-corrected chi connectivity index (χ4v) is 1.57. The Balaban J connectivity index is 0. The predicted octanol–water partition coefficient (Wildman–Crippen LogP) is 6.50. The van der Waals surface area contributed by atoms with E-state index in [0.717, 1.165) is 6.08 Å². The summed E-state index contributed by atoms with van der Waals surface area (Å²) in [5, 5.41) is 9.31. The Kier molecular flexibility index (Phi) is 14.0. The molecule has 1 aromatic rings. The molecule has 0 aliphatic heterocycles. The molecule has 1 rings (SSSR count). The SMILES string of the molecule is C/C=C(\C(=N)C(F)(F)F)C(=O)Nc1cccc(C(C)C)n1.CC.CCCC. The molecule has 1 heterocycles. The molecular weight excluding hydrogens is 355 g/mol. The number of unbranched alkanes of at least 4 members (excludes halogenated alkanes) is 1. The van der Waals surface area contributed by atoms with Crippen molar-refractivity contribution < 1.29 is 18.0 Å². The molecule has 0 atom stereocenters. The maximum atomic E-state index is 12.5. The van der Waals surface area contributed by atoms with Crippen LogP contribution in [0.15, 0.2) is 29.8 Å². The van der Waals surface area contributed by atoms with Gasteiger partial charge in [-0.05, 0) is 25.0 Å². The average Bonchev–Trinajstić information content (AvgIpc) is 2.63. The second-order valence-corrected chi connectivity index (χ2v) is 5.63. The van der Waals surface area contributed by atoms with Crippen molar-refractivity contribution in [1.82, 2.24) is 4.98 Å². The molecular formula is C20H32F3N3O.